The first-order valence-electron chi connectivity index (χ1n) is 7.73. The number of carbonyl (C=O) groups is 2. The van der Waals surface area contributed by atoms with Gasteiger partial charge in [-0.15, -0.1) is 0 Å². The lowest BCUT2D eigenvalue weighted by molar-refractivity contribution is 0.0606. The van der Waals surface area contributed by atoms with Gasteiger partial charge < -0.3 is 14.7 Å². The summed E-state index contributed by atoms with van der Waals surface area (Å²) >= 11 is 0. The molecular formula is C17H20FNO4. The van der Waals surface area contributed by atoms with E-state index in [2.05, 4.69) is 0 Å². The number of hydrogen-bond donors (Lipinski definition) is 1. The molecule has 0 radical (unpaired) electrons. The number of nitrogens with zero attached hydrogens (tertiary/aromatic N) is 1. The van der Waals surface area contributed by atoms with Gasteiger partial charge in [0.15, 0.2) is 5.78 Å². The molecule has 1 N–H and O–H groups in total. The maximum absolute atomic E-state index is 13.5. The molecule has 2 atom stereocenters. The Morgan fingerprint density at radius 1 is 1.48 bits per heavy atom. The van der Waals surface area contributed by atoms with Gasteiger partial charge in [-0.05, 0) is 32.0 Å². The fourth-order valence-corrected chi connectivity index (χ4v) is 3.23. The molecule has 0 aromatic heterocycles. The normalized spacial score (nSPS) is 25.9. The summed E-state index contributed by atoms with van der Waals surface area (Å²) < 4.78 is 19.3. The highest BCUT2D eigenvalue weighted by Gasteiger charge is 2.37. The molecule has 6 heteroatoms. The van der Waals surface area contributed by atoms with Crippen LogP contribution < -0.4 is 4.74 Å². The number of benzene rings is 1. The zero-order chi connectivity index (χ0) is 16.8. The molecule has 3 rings (SSSR count). The second-order valence-corrected chi connectivity index (χ2v) is 6.80. The number of halogens is 1. The van der Waals surface area contributed by atoms with Gasteiger partial charge in [0.05, 0.1) is 31.2 Å². The maximum atomic E-state index is 13.5. The summed E-state index contributed by atoms with van der Waals surface area (Å²) in [7, 11) is 0. The minimum atomic E-state index is -1.12. The van der Waals surface area contributed by atoms with Gasteiger partial charge in [0, 0.05) is 12.0 Å². The Bertz CT molecular complexity index is 658. The number of hydrogen-bond acceptors (Lipinski definition) is 4. The van der Waals surface area contributed by atoms with Gasteiger partial charge in [0.2, 0.25) is 0 Å². The largest absolute Gasteiger partial charge is 0.487 e. The highest BCUT2D eigenvalue weighted by atomic mass is 19.1. The number of alkyl halides is 1. The lowest BCUT2D eigenvalue weighted by atomic mass is 9.92. The summed E-state index contributed by atoms with van der Waals surface area (Å²) in [6.07, 6.45) is -0.685. The Hall–Kier alpha value is -1.95. The van der Waals surface area contributed by atoms with Gasteiger partial charge in [-0.2, -0.15) is 0 Å². The Labute approximate surface area is 134 Å². The van der Waals surface area contributed by atoms with Gasteiger partial charge in [-0.1, -0.05) is 0 Å². The van der Waals surface area contributed by atoms with Crippen LogP contribution in [0.1, 0.15) is 47.4 Å². The van der Waals surface area contributed by atoms with Crippen molar-refractivity contribution in [2.75, 3.05) is 13.2 Å². The monoisotopic (exact) mass is 321 g/mol. The predicted octanol–water partition coefficient (Wildman–Crippen LogP) is 1.98. The van der Waals surface area contributed by atoms with Gasteiger partial charge in [-0.25, -0.2) is 4.39 Å². The second-order valence-electron chi connectivity index (χ2n) is 6.80. The Kier molecular flexibility index (Phi) is 3.88. The summed E-state index contributed by atoms with van der Waals surface area (Å²) in [5, 5.41) is 9.32. The van der Waals surface area contributed by atoms with E-state index in [1.165, 1.54) is 11.0 Å². The zero-order valence-corrected chi connectivity index (χ0v) is 13.2. The standard InChI is InChI=1S/C17H20FNO4/c1-17(2)7-14(21)13-4-3-10(5-15(13)23-17)16(22)19-8-11(18)6-12(19)9-20/h3-5,11-12,20H,6-9H2,1-2H3/t11-,12-/m0/s1. The van der Waals surface area contributed by atoms with Crippen LogP contribution in [0.3, 0.4) is 0 Å². The quantitative estimate of drug-likeness (QED) is 0.904. The molecular weight excluding hydrogens is 301 g/mol. The van der Waals surface area contributed by atoms with Gasteiger partial charge in [-0.3, -0.25) is 9.59 Å². The van der Waals surface area contributed by atoms with Crippen molar-refractivity contribution in [3.8, 4) is 5.75 Å². The second kappa shape index (κ2) is 5.60. The number of amides is 1. The van der Waals surface area contributed by atoms with Crippen LogP contribution in [0.4, 0.5) is 4.39 Å². The molecule has 2 aliphatic rings. The smallest absolute Gasteiger partial charge is 0.254 e. The third kappa shape index (κ3) is 2.95. The fourth-order valence-electron chi connectivity index (χ4n) is 3.23. The molecule has 124 valence electrons. The van der Waals surface area contributed by atoms with Gasteiger partial charge in [0.25, 0.3) is 5.91 Å². The highest BCUT2D eigenvalue weighted by Crippen LogP contribution is 2.34. The summed E-state index contributed by atoms with van der Waals surface area (Å²) in [4.78, 5) is 26.1. The zero-order valence-electron chi connectivity index (χ0n) is 13.2. The molecule has 23 heavy (non-hydrogen) atoms. The van der Waals surface area contributed by atoms with E-state index in [1.807, 2.05) is 13.8 Å². The highest BCUT2D eigenvalue weighted by molar-refractivity contribution is 6.02. The Balaban J connectivity index is 1.90. The topological polar surface area (TPSA) is 66.8 Å². The van der Waals surface area contributed by atoms with E-state index in [4.69, 9.17) is 4.74 Å². The van der Waals surface area contributed by atoms with Crippen molar-refractivity contribution in [2.45, 2.75) is 44.5 Å². The molecule has 0 bridgehead atoms. The molecule has 2 aliphatic heterocycles. The van der Waals surface area contributed by atoms with E-state index in [-0.39, 0.29) is 37.7 Å². The number of aliphatic hydroxyl groups excluding tert-OH is 1. The first-order valence-corrected chi connectivity index (χ1v) is 7.73. The van der Waals surface area contributed by atoms with Crippen LogP contribution in [-0.2, 0) is 0 Å². The van der Waals surface area contributed by atoms with E-state index in [0.717, 1.165) is 0 Å². The maximum Gasteiger partial charge on any atom is 0.254 e. The van der Waals surface area contributed by atoms with Crippen molar-refractivity contribution in [3.05, 3.63) is 29.3 Å². The third-order valence-electron chi connectivity index (χ3n) is 4.34. The average molecular weight is 321 g/mol. The SMILES string of the molecule is CC1(C)CC(=O)c2ccc(C(=O)N3C[C@@H](F)C[C@H]3CO)cc2O1. The van der Waals surface area contributed by atoms with E-state index in [1.54, 1.807) is 12.1 Å². The van der Waals surface area contributed by atoms with Crippen molar-refractivity contribution in [1.82, 2.24) is 4.90 Å². The van der Waals surface area contributed by atoms with Crippen molar-refractivity contribution >= 4 is 11.7 Å². The molecule has 1 fully saturated rings. The Morgan fingerprint density at radius 2 is 2.22 bits per heavy atom. The molecule has 1 saturated heterocycles. The van der Waals surface area contributed by atoms with Crippen LogP contribution >= 0.6 is 0 Å². The average Bonchev–Trinajstić information content (AvgIpc) is 2.85. The van der Waals surface area contributed by atoms with Crippen molar-refractivity contribution in [2.24, 2.45) is 0 Å². The summed E-state index contributed by atoms with van der Waals surface area (Å²) in [6, 6.07) is 4.17. The lowest BCUT2D eigenvalue weighted by Crippen LogP contribution is -2.38. The van der Waals surface area contributed by atoms with E-state index in [0.29, 0.717) is 16.9 Å². The first-order chi connectivity index (χ1) is 10.8. The van der Waals surface area contributed by atoms with Crippen molar-refractivity contribution < 1.29 is 23.8 Å². The summed E-state index contributed by atoms with van der Waals surface area (Å²) in [5.74, 6) is 0.00792. The van der Waals surface area contributed by atoms with Gasteiger partial charge in [0.1, 0.15) is 17.5 Å². The molecule has 5 nitrogen and oxygen atoms in total. The molecule has 1 amide bonds. The molecule has 0 saturated carbocycles. The van der Waals surface area contributed by atoms with Crippen molar-refractivity contribution in [3.63, 3.8) is 0 Å². The lowest BCUT2D eigenvalue weighted by Gasteiger charge is -2.32. The minimum Gasteiger partial charge on any atom is -0.487 e. The van der Waals surface area contributed by atoms with Crippen LogP contribution in [0.25, 0.3) is 0 Å². The molecule has 0 spiro atoms. The van der Waals surface area contributed by atoms with Crippen molar-refractivity contribution in [1.29, 1.82) is 0 Å². The number of fused-ring (bicyclic) bond motifs is 1. The fraction of sp³-hybridized carbons (Fsp3) is 0.529. The predicted molar refractivity (Wildman–Crippen MR) is 81.5 cm³/mol. The molecule has 2 heterocycles. The molecule has 1 aromatic rings. The van der Waals surface area contributed by atoms with Gasteiger partial charge >= 0.3 is 0 Å². The number of Topliss-reactive ketones (excluding diaryl/α,β-unsaturated/α-hetero) is 1. The number of carbonyl (C=O) groups excluding carboxylic acids is 2. The Morgan fingerprint density at radius 3 is 2.91 bits per heavy atom. The number of aliphatic hydroxyl groups is 1. The van der Waals surface area contributed by atoms with E-state index < -0.39 is 17.8 Å². The van der Waals surface area contributed by atoms with Crippen LogP contribution in [-0.4, -0.2) is 52.7 Å². The van der Waals surface area contributed by atoms with Crippen LogP contribution in [0.15, 0.2) is 18.2 Å². The summed E-state index contributed by atoms with van der Waals surface area (Å²) in [6.45, 7) is 3.35. The molecule has 0 unspecified atom stereocenters. The van der Waals surface area contributed by atoms with E-state index in [9.17, 15) is 19.1 Å². The first kappa shape index (κ1) is 15.9. The third-order valence-corrected chi connectivity index (χ3v) is 4.34. The van der Waals surface area contributed by atoms with E-state index >= 15 is 0 Å². The van der Waals surface area contributed by atoms with Crippen LogP contribution in [0.5, 0.6) is 5.75 Å². The number of rotatable bonds is 2. The van der Waals surface area contributed by atoms with Crippen LogP contribution in [0.2, 0.25) is 0 Å². The number of ketones is 1. The van der Waals surface area contributed by atoms with Crippen LogP contribution in [0, 0.1) is 0 Å². The number of ether oxygens (including phenoxy) is 1. The minimum absolute atomic E-state index is 0.0199. The number of likely N-dealkylation sites (tertiary alicyclic amines) is 1. The summed E-state index contributed by atoms with van der Waals surface area (Å²) in [5.41, 5.74) is 0.183. The molecule has 1 aromatic carbocycles. The molecule has 0 aliphatic carbocycles.